The monoisotopic (exact) mass is 416 g/mol. The first-order valence-corrected chi connectivity index (χ1v) is 8.88. The van der Waals surface area contributed by atoms with Gasteiger partial charge in [0.05, 0.1) is 21.5 Å². The van der Waals surface area contributed by atoms with Gasteiger partial charge >= 0.3 is 0 Å². The maximum absolute atomic E-state index is 12.1. The molecular formula is C16H18Br2O3. The van der Waals surface area contributed by atoms with Crippen molar-refractivity contribution >= 4 is 37.6 Å². The number of carbonyl (C=O) groups is 1. The molecule has 3 rings (SSSR count). The highest BCUT2D eigenvalue weighted by Crippen LogP contribution is 2.51. The van der Waals surface area contributed by atoms with E-state index in [1.54, 1.807) is 7.11 Å². The first-order chi connectivity index (χ1) is 10.1. The highest BCUT2D eigenvalue weighted by molar-refractivity contribution is 9.11. The van der Waals surface area contributed by atoms with Gasteiger partial charge in [-0.05, 0) is 56.8 Å². The number of rotatable bonds is 3. The summed E-state index contributed by atoms with van der Waals surface area (Å²) in [6, 6.07) is 3.79. The normalized spacial score (nSPS) is 23.8. The molecule has 0 amide bonds. The molecule has 114 valence electrons. The van der Waals surface area contributed by atoms with Gasteiger partial charge in [0.1, 0.15) is 23.4 Å². The largest absolute Gasteiger partial charge is 0.496 e. The van der Waals surface area contributed by atoms with Crippen LogP contribution >= 0.6 is 31.9 Å². The summed E-state index contributed by atoms with van der Waals surface area (Å²) in [6.07, 6.45) is 6.02. The molecule has 1 aromatic rings. The van der Waals surface area contributed by atoms with Crippen LogP contribution in [0.3, 0.4) is 0 Å². The Kier molecular flexibility index (Phi) is 4.33. The van der Waals surface area contributed by atoms with E-state index in [-0.39, 0.29) is 11.5 Å². The van der Waals surface area contributed by atoms with Gasteiger partial charge in [-0.3, -0.25) is 4.79 Å². The number of ketones is 1. The molecule has 1 aromatic carbocycles. The predicted molar refractivity (Wildman–Crippen MR) is 88.0 cm³/mol. The average Bonchev–Trinajstić information content (AvgIpc) is 2.50. The number of methoxy groups -OCH3 is 1. The topological polar surface area (TPSA) is 35.5 Å². The van der Waals surface area contributed by atoms with Gasteiger partial charge in [-0.2, -0.15) is 0 Å². The second-order valence-electron chi connectivity index (χ2n) is 5.87. The lowest BCUT2D eigenvalue weighted by Crippen LogP contribution is -2.57. The second kappa shape index (κ2) is 5.92. The smallest absolute Gasteiger partial charge is 0.146 e. The predicted octanol–water partition coefficient (Wildman–Crippen LogP) is 4.89. The third-order valence-corrected chi connectivity index (χ3v) is 6.00. The van der Waals surface area contributed by atoms with Crippen molar-refractivity contribution in [2.24, 2.45) is 5.41 Å². The van der Waals surface area contributed by atoms with E-state index in [1.165, 1.54) is 6.42 Å². The molecule has 3 nitrogen and oxygen atoms in total. The summed E-state index contributed by atoms with van der Waals surface area (Å²) in [7, 11) is 1.63. The van der Waals surface area contributed by atoms with Gasteiger partial charge in [0, 0.05) is 6.42 Å². The lowest BCUT2D eigenvalue weighted by atomic mass is 9.57. The summed E-state index contributed by atoms with van der Waals surface area (Å²) in [4.78, 5) is 12.1. The lowest BCUT2D eigenvalue weighted by molar-refractivity contribution is -0.156. The van der Waals surface area contributed by atoms with Crippen molar-refractivity contribution in [2.75, 3.05) is 7.11 Å². The van der Waals surface area contributed by atoms with Crippen LogP contribution in [0.1, 0.15) is 38.5 Å². The number of hydrogen-bond donors (Lipinski definition) is 0. The minimum atomic E-state index is -0.218. The molecule has 0 aliphatic heterocycles. The molecule has 0 bridgehead atoms. The molecule has 1 atom stereocenters. The van der Waals surface area contributed by atoms with E-state index in [0.717, 1.165) is 46.1 Å². The molecule has 2 aliphatic rings. The van der Waals surface area contributed by atoms with E-state index < -0.39 is 0 Å². The third kappa shape index (κ3) is 2.63. The SMILES string of the molecule is COc1cc(Br)c(OC2CC(=O)C23CCCCC3)cc1Br. The number of benzene rings is 1. The van der Waals surface area contributed by atoms with Crippen molar-refractivity contribution in [1.82, 2.24) is 0 Å². The highest BCUT2D eigenvalue weighted by atomic mass is 79.9. The molecule has 0 aromatic heterocycles. The van der Waals surface area contributed by atoms with E-state index in [2.05, 4.69) is 31.9 Å². The molecule has 2 saturated carbocycles. The van der Waals surface area contributed by atoms with Crippen LogP contribution in [0.5, 0.6) is 11.5 Å². The molecule has 0 heterocycles. The Morgan fingerprint density at radius 3 is 2.33 bits per heavy atom. The quantitative estimate of drug-likeness (QED) is 0.702. The van der Waals surface area contributed by atoms with Gasteiger partial charge in [0.25, 0.3) is 0 Å². The Labute approximate surface area is 141 Å². The number of ether oxygens (including phenoxy) is 2. The maximum atomic E-state index is 12.1. The molecule has 5 heteroatoms. The first-order valence-electron chi connectivity index (χ1n) is 7.30. The van der Waals surface area contributed by atoms with Crippen LogP contribution in [0.4, 0.5) is 0 Å². The number of carbonyl (C=O) groups excluding carboxylic acids is 1. The Hall–Kier alpha value is -0.550. The number of hydrogen-bond acceptors (Lipinski definition) is 3. The maximum Gasteiger partial charge on any atom is 0.146 e. The summed E-state index contributed by atoms with van der Waals surface area (Å²) in [5, 5.41) is 0. The van der Waals surface area contributed by atoms with Crippen molar-refractivity contribution < 1.29 is 14.3 Å². The van der Waals surface area contributed by atoms with Crippen LogP contribution in [0, 0.1) is 5.41 Å². The van der Waals surface area contributed by atoms with Crippen molar-refractivity contribution in [3.8, 4) is 11.5 Å². The molecule has 2 fully saturated rings. The van der Waals surface area contributed by atoms with Crippen LogP contribution in [0.2, 0.25) is 0 Å². The molecular weight excluding hydrogens is 400 g/mol. The Morgan fingerprint density at radius 2 is 1.71 bits per heavy atom. The van der Waals surface area contributed by atoms with Gasteiger partial charge in [-0.15, -0.1) is 0 Å². The van der Waals surface area contributed by atoms with Gasteiger partial charge in [0.15, 0.2) is 0 Å². The van der Waals surface area contributed by atoms with E-state index >= 15 is 0 Å². The molecule has 1 unspecified atom stereocenters. The molecule has 0 radical (unpaired) electrons. The van der Waals surface area contributed by atoms with E-state index in [9.17, 15) is 4.79 Å². The summed E-state index contributed by atoms with van der Waals surface area (Å²) < 4.78 is 13.1. The first kappa shape index (κ1) is 15.3. The zero-order valence-electron chi connectivity index (χ0n) is 12.0. The average molecular weight is 418 g/mol. The molecule has 21 heavy (non-hydrogen) atoms. The van der Waals surface area contributed by atoms with E-state index in [0.29, 0.717) is 12.2 Å². The second-order valence-corrected chi connectivity index (χ2v) is 7.58. The van der Waals surface area contributed by atoms with Crippen molar-refractivity contribution in [3.63, 3.8) is 0 Å². The minimum absolute atomic E-state index is 0.0156. The molecule has 1 spiro atoms. The zero-order chi connectivity index (χ0) is 15.0. The lowest BCUT2D eigenvalue weighted by Gasteiger charge is -2.49. The van der Waals surface area contributed by atoms with Gasteiger partial charge < -0.3 is 9.47 Å². The minimum Gasteiger partial charge on any atom is -0.496 e. The summed E-state index contributed by atoms with van der Waals surface area (Å²) in [5.41, 5.74) is -0.218. The van der Waals surface area contributed by atoms with Crippen LogP contribution in [0.25, 0.3) is 0 Å². The van der Waals surface area contributed by atoms with Gasteiger partial charge in [0.2, 0.25) is 0 Å². The van der Waals surface area contributed by atoms with E-state index in [4.69, 9.17) is 9.47 Å². The summed E-state index contributed by atoms with van der Waals surface area (Å²) in [5.74, 6) is 1.91. The molecule has 0 saturated heterocycles. The Balaban J connectivity index is 1.81. The number of halogens is 2. The van der Waals surface area contributed by atoms with Gasteiger partial charge in [-0.1, -0.05) is 19.3 Å². The van der Waals surface area contributed by atoms with E-state index in [1.807, 2.05) is 12.1 Å². The summed E-state index contributed by atoms with van der Waals surface area (Å²) >= 11 is 7.00. The van der Waals surface area contributed by atoms with Crippen molar-refractivity contribution in [2.45, 2.75) is 44.6 Å². The standard InChI is InChI=1S/C16H18Br2O3/c1-20-12-7-11(18)13(8-10(12)17)21-15-9-14(19)16(15)5-3-2-4-6-16/h7-8,15H,2-6,9H2,1H3. The van der Waals surface area contributed by atoms with Gasteiger partial charge in [-0.25, -0.2) is 0 Å². The fourth-order valence-electron chi connectivity index (χ4n) is 3.46. The Bertz CT molecular complexity index is 565. The fourth-order valence-corrected chi connectivity index (χ4v) is 4.36. The third-order valence-electron chi connectivity index (χ3n) is 4.76. The summed E-state index contributed by atoms with van der Waals surface area (Å²) in [6.45, 7) is 0. The molecule has 2 aliphatic carbocycles. The highest BCUT2D eigenvalue weighted by Gasteiger charge is 2.56. The zero-order valence-corrected chi connectivity index (χ0v) is 15.1. The number of Topliss-reactive ketones (excluding diaryl/α,β-unsaturated/α-hetero) is 1. The van der Waals surface area contributed by atoms with Crippen molar-refractivity contribution in [1.29, 1.82) is 0 Å². The van der Waals surface area contributed by atoms with Crippen LogP contribution in [-0.2, 0) is 4.79 Å². The molecule has 0 N–H and O–H groups in total. The van der Waals surface area contributed by atoms with Crippen molar-refractivity contribution in [3.05, 3.63) is 21.1 Å². The fraction of sp³-hybridized carbons (Fsp3) is 0.562. The van der Waals surface area contributed by atoms with Crippen LogP contribution in [-0.4, -0.2) is 19.0 Å². The van der Waals surface area contributed by atoms with Crippen LogP contribution < -0.4 is 9.47 Å². The van der Waals surface area contributed by atoms with Crippen LogP contribution in [0.15, 0.2) is 21.1 Å². The Morgan fingerprint density at radius 1 is 1.10 bits per heavy atom.